The van der Waals surface area contributed by atoms with Crippen LogP contribution in [0.5, 0.6) is 0 Å². The third-order valence-corrected chi connectivity index (χ3v) is 3.20. The van der Waals surface area contributed by atoms with Gasteiger partial charge < -0.3 is 0 Å². The molecule has 0 aromatic carbocycles. The fourth-order valence-electron chi connectivity index (χ4n) is 2.29. The molecular weight excluding hydrogens is 172 g/mol. The summed E-state index contributed by atoms with van der Waals surface area (Å²) in [6, 6.07) is 0.811. The normalized spacial score (nSPS) is 19.1. The zero-order valence-corrected chi connectivity index (χ0v) is 9.89. The molecule has 0 aromatic rings. The van der Waals surface area contributed by atoms with Gasteiger partial charge >= 0.3 is 0 Å². The monoisotopic (exact) mass is 198 g/mol. The average Bonchev–Trinajstić information content (AvgIpc) is 2.26. The van der Waals surface area contributed by atoms with Crippen LogP contribution in [0.25, 0.3) is 0 Å². The molecule has 1 aliphatic rings. The Labute approximate surface area is 89.0 Å². The van der Waals surface area contributed by atoms with Gasteiger partial charge in [0, 0.05) is 19.1 Å². The van der Waals surface area contributed by atoms with Crippen molar-refractivity contribution in [2.24, 2.45) is 0 Å². The highest BCUT2D eigenvalue weighted by Gasteiger charge is 2.18. The van der Waals surface area contributed by atoms with Gasteiger partial charge in [0.05, 0.1) is 0 Å². The molecule has 0 radical (unpaired) electrons. The van der Waals surface area contributed by atoms with E-state index in [0.717, 1.165) is 19.1 Å². The average molecular weight is 198 g/mol. The third-order valence-electron chi connectivity index (χ3n) is 3.20. The summed E-state index contributed by atoms with van der Waals surface area (Å²) in [6.07, 6.45) is 9.68. The van der Waals surface area contributed by atoms with E-state index in [1.165, 1.54) is 44.9 Å². The molecule has 84 valence electrons. The number of hydrazine groups is 1. The SMILES string of the molecule is CCCCNN(CC)C1CCCCC1. The molecule has 0 atom stereocenters. The molecule has 0 aliphatic heterocycles. The first kappa shape index (κ1) is 12.0. The summed E-state index contributed by atoms with van der Waals surface area (Å²) in [5, 5.41) is 2.47. The predicted octanol–water partition coefficient (Wildman–Crippen LogP) is 2.95. The Morgan fingerprint density at radius 3 is 2.43 bits per heavy atom. The number of rotatable bonds is 6. The highest BCUT2D eigenvalue weighted by atomic mass is 15.5. The van der Waals surface area contributed by atoms with E-state index in [4.69, 9.17) is 0 Å². The minimum atomic E-state index is 0.811. The maximum atomic E-state index is 3.57. The third kappa shape index (κ3) is 3.97. The van der Waals surface area contributed by atoms with Crippen molar-refractivity contribution in [3.8, 4) is 0 Å². The summed E-state index contributed by atoms with van der Waals surface area (Å²) >= 11 is 0. The standard InChI is InChI=1S/C12H26N2/c1-3-5-11-13-14(4-2)12-9-7-6-8-10-12/h12-13H,3-11H2,1-2H3. The van der Waals surface area contributed by atoms with Crippen molar-refractivity contribution in [1.82, 2.24) is 10.4 Å². The van der Waals surface area contributed by atoms with E-state index in [1.54, 1.807) is 0 Å². The summed E-state index contributed by atoms with van der Waals surface area (Å²) in [4.78, 5) is 0. The molecular formula is C12H26N2. The zero-order valence-electron chi connectivity index (χ0n) is 9.89. The molecule has 1 fully saturated rings. The molecule has 1 rings (SSSR count). The van der Waals surface area contributed by atoms with Crippen LogP contribution in [0.4, 0.5) is 0 Å². The molecule has 0 unspecified atom stereocenters. The summed E-state index contributed by atoms with van der Waals surface area (Å²) in [5.74, 6) is 0. The molecule has 0 bridgehead atoms. The van der Waals surface area contributed by atoms with Gasteiger partial charge in [-0.3, -0.25) is 5.43 Å². The van der Waals surface area contributed by atoms with Gasteiger partial charge in [-0.25, -0.2) is 5.01 Å². The Kier molecular flexibility index (Phi) is 6.20. The van der Waals surface area contributed by atoms with Gasteiger partial charge in [-0.05, 0) is 19.3 Å². The van der Waals surface area contributed by atoms with E-state index in [-0.39, 0.29) is 0 Å². The molecule has 0 heterocycles. The molecule has 14 heavy (non-hydrogen) atoms. The van der Waals surface area contributed by atoms with E-state index in [9.17, 15) is 0 Å². The minimum Gasteiger partial charge on any atom is -0.255 e. The number of nitrogens with zero attached hydrogens (tertiary/aromatic N) is 1. The molecule has 1 N–H and O–H groups in total. The number of unbranched alkanes of at least 4 members (excludes halogenated alkanes) is 1. The van der Waals surface area contributed by atoms with Crippen molar-refractivity contribution in [3.63, 3.8) is 0 Å². The molecule has 2 heteroatoms. The number of hydrogen-bond donors (Lipinski definition) is 1. The van der Waals surface area contributed by atoms with Gasteiger partial charge in [0.25, 0.3) is 0 Å². The van der Waals surface area contributed by atoms with E-state index < -0.39 is 0 Å². The van der Waals surface area contributed by atoms with E-state index >= 15 is 0 Å². The summed E-state index contributed by atoms with van der Waals surface area (Å²) < 4.78 is 0. The Hall–Kier alpha value is -0.0800. The second-order valence-corrected chi connectivity index (χ2v) is 4.34. The Balaban J connectivity index is 2.21. The van der Waals surface area contributed by atoms with Crippen molar-refractivity contribution in [2.75, 3.05) is 13.1 Å². The first-order chi connectivity index (χ1) is 6.88. The maximum Gasteiger partial charge on any atom is 0.0243 e. The Bertz CT molecular complexity index is 130. The maximum absolute atomic E-state index is 3.57. The summed E-state index contributed by atoms with van der Waals surface area (Å²) in [5.41, 5.74) is 3.57. The summed E-state index contributed by atoms with van der Waals surface area (Å²) in [7, 11) is 0. The second-order valence-electron chi connectivity index (χ2n) is 4.34. The van der Waals surface area contributed by atoms with Gasteiger partial charge in [0.1, 0.15) is 0 Å². The molecule has 0 saturated heterocycles. The lowest BCUT2D eigenvalue weighted by Gasteiger charge is -2.33. The number of nitrogens with one attached hydrogen (secondary N) is 1. The molecule has 2 nitrogen and oxygen atoms in total. The van der Waals surface area contributed by atoms with E-state index in [1.807, 2.05) is 0 Å². The van der Waals surface area contributed by atoms with Crippen LogP contribution in [0, 0.1) is 0 Å². The lowest BCUT2D eigenvalue weighted by Crippen LogP contribution is -2.46. The van der Waals surface area contributed by atoms with Crippen LogP contribution in [0.1, 0.15) is 58.8 Å². The fraction of sp³-hybridized carbons (Fsp3) is 1.00. The van der Waals surface area contributed by atoms with Crippen molar-refractivity contribution < 1.29 is 0 Å². The second kappa shape index (κ2) is 7.24. The topological polar surface area (TPSA) is 15.3 Å². The molecule has 0 aromatic heterocycles. The highest BCUT2D eigenvalue weighted by Crippen LogP contribution is 2.21. The van der Waals surface area contributed by atoms with Gasteiger partial charge in [-0.2, -0.15) is 0 Å². The van der Waals surface area contributed by atoms with Crippen LogP contribution < -0.4 is 5.43 Å². The van der Waals surface area contributed by atoms with Crippen LogP contribution in [0.3, 0.4) is 0 Å². The van der Waals surface area contributed by atoms with Crippen LogP contribution >= 0.6 is 0 Å². The largest absolute Gasteiger partial charge is 0.255 e. The van der Waals surface area contributed by atoms with Crippen LogP contribution in [0.2, 0.25) is 0 Å². The first-order valence-corrected chi connectivity index (χ1v) is 6.38. The fourth-order valence-corrected chi connectivity index (χ4v) is 2.29. The molecule has 0 spiro atoms. The van der Waals surface area contributed by atoms with Crippen LogP contribution in [0.15, 0.2) is 0 Å². The van der Waals surface area contributed by atoms with Crippen molar-refractivity contribution in [3.05, 3.63) is 0 Å². The quantitative estimate of drug-likeness (QED) is 0.521. The lowest BCUT2D eigenvalue weighted by atomic mass is 9.95. The van der Waals surface area contributed by atoms with E-state index in [2.05, 4.69) is 24.3 Å². The van der Waals surface area contributed by atoms with Crippen molar-refractivity contribution in [2.45, 2.75) is 64.8 Å². The Morgan fingerprint density at radius 2 is 1.86 bits per heavy atom. The predicted molar refractivity (Wildman–Crippen MR) is 62.2 cm³/mol. The van der Waals surface area contributed by atoms with Gasteiger partial charge in [-0.15, -0.1) is 0 Å². The van der Waals surface area contributed by atoms with Crippen LogP contribution in [-0.2, 0) is 0 Å². The van der Waals surface area contributed by atoms with Gasteiger partial charge in [0.2, 0.25) is 0 Å². The number of hydrogen-bond acceptors (Lipinski definition) is 2. The van der Waals surface area contributed by atoms with Crippen molar-refractivity contribution >= 4 is 0 Å². The summed E-state index contributed by atoms with van der Waals surface area (Å²) in [6.45, 7) is 6.81. The Morgan fingerprint density at radius 1 is 1.14 bits per heavy atom. The minimum absolute atomic E-state index is 0.811. The first-order valence-electron chi connectivity index (χ1n) is 6.38. The molecule has 1 aliphatic carbocycles. The van der Waals surface area contributed by atoms with E-state index in [0.29, 0.717) is 0 Å². The molecule has 0 amide bonds. The van der Waals surface area contributed by atoms with Crippen LogP contribution in [-0.4, -0.2) is 24.1 Å². The smallest absolute Gasteiger partial charge is 0.0243 e. The van der Waals surface area contributed by atoms with Crippen molar-refractivity contribution in [1.29, 1.82) is 0 Å². The lowest BCUT2D eigenvalue weighted by molar-refractivity contribution is 0.101. The zero-order chi connectivity index (χ0) is 10.2. The van der Waals surface area contributed by atoms with Gasteiger partial charge in [-0.1, -0.05) is 39.5 Å². The highest BCUT2D eigenvalue weighted by molar-refractivity contribution is 4.72. The van der Waals surface area contributed by atoms with Gasteiger partial charge in [0.15, 0.2) is 0 Å². The molecule has 1 saturated carbocycles.